The summed E-state index contributed by atoms with van der Waals surface area (Å²) in [5, 5.41) is 9.46. The minimum atomic E-state index is -4.84. The standard InChI is InChI=1S/C18H13ClF3NO3/c1-9-2-3-12(23-8-9)4-10-7-15-11(6-14(10)19)5-13(17(24)25)16(26-15)18(20,21)22/h2-3,5-8,16,19H,4H2,1H3/p+1. The summed E-state index contributed by atoms with van der Waals surface area (Å²) in [4.78, 5) is 15.4. The number of aliphatic carboxylic acids is 1. The van der Waals surface area contributed by atoms with Gasteiger partial charge in [0.2, 0.25) is 11.1 Å². The van der Waals surface area contributed by atoms with Crippen molar-refractivity contribution in [3.63, 3.8) is 0 Å². The van der Waals surface area contributed by atoms with Crippen LogP contribution in [-0.2, 0) is 11.2 Å². The summed E-state index contributed by atoms with van der Waals surface area (Å²) in [6.07, 6.45) is -4.37. The number of rotatable bonds is 3. The van der Waals surface area contributed by atoms with Crippen LogP contribution in [0.15, 0.2) is 36.0 Å². The number of pyridine rings is 1. The largest absolute Gasteiger partial charge is 0.478 e. The quantitative estimate of drug-likeness (QED) is 0.880. The minimum absolute atomic E-state index is 0.0481. The minimum Gasteiger partial charge on any atom is -0.478 e. The van der Waals surface area contributed by atoms with Gasteiger partial charge in [-0.2, -0.15) is 13.2 Å². The Balaban J connectivity index is 2.00. The van der Waals surface area contributed by atoms with Crippen molar-refractivity contribution < 1.29 is 39.4 Å². The molecule has 0 bridgehead atoms. The number of hydrogen-bond donors (Lipinski definition) is 1. The second-order valence-corrected chi connectivity index (χ2v) is 6.39. The molecule has 1 N–H and O–H groups in total. The van der Waals surface area contributed by atoms with Crippen LogP contribution in [0.2, 0.25) is 5.02 Å². The summed E-state index contributed by atoms with van der Waals surface area (Å²) < 4.78 is 44.4. The Morgan fingerprint density at radius 3 is 2.65 bits per heavy atom. The summed E-state index contributed by atoms with van der Waals surface area (Å²) in [6.45, 7) is 1.89. The SMILES string of the molecule is Cc1ccc(Cc2cc3c(cc2[ClH+])C=C(C(=O)O)C(C(F)(F)F)O3)nc1. The molecular weight excluding hydrogens is 371 g/mol. The second kappa shape index (κ2) is 6.64. The van der Waals surface area contributed by atoms with Gasteiger partial charge in [0.15, 0.2) is 11.6 Å². The molecule has 4 nitrogen and oxygen atoms in total. The van der Waals surface area contributed by atoms with E-state index in [2.05, 4.69) is 4.98 Å². The second-order valence-electron chi connectivity index (χ2n) is 5.95. The third-order valence-corrected chi connectivity index (χ3v) is 4.30. The van der Waals surface area contributed by atoms with Crippen LogP contribution < -0.4 is 4.74 Å². The van der Waals surface area contributed by atoms with Gasteiger partial charge in [-0.1, -0.05) is 6.07 Å². The van der Waals surface area contributed by atoms with Crippen molar-refractivity contribution in [1.82, 2.24) is 4.98 Å². The summed E-state index contributed by atoms with van der Waals surface area (Å²) in [5.74, 6) is -1.73. The molecule has 1 aliphatic heterocycles. The first-order valence-corrected chi connectivity index (χ1v) is 7.99. The average Bonchev–Trinajstić information content (AvgIpc) is 2.55. The highest BCUT2D eigenvalue weighted by atomic mass is 35.5. The molecule has 1 unspecified atom stereocenters. The Bertz CT molecular complexity index is 892. The van der Waals surface area contributed by atoms with Crippen molar-refractivity contribution in [2.45, 2.75) is 25.6 Å². The zero-order valence-electron chi connectivity index (χ0n) is 13.5. The van der Waals surface area contributed by atoms with E-state index in [4.69, 9.17) is 21.4 Å². The van der Waals surface area contributed by atoms with Crippen molar-refractivity contribution in [2.24, 2.45) is 0 Å². The van der Waals surface area contributed by atoms with Gasteiger partial charge in [-0.05, 0) is 30.7 Å². The van der Waals surface area contributed by atoms with Gasteiger partial charge >= 0.3 is 12.1 Å². The number of carboxylic acids is 1. The molecule has 0 spiro atoms. The maximum absolute atomic E-state index is 13.2. The topological polar surface area (TPSA) is 59.4 Å². The third-order valence-electron chi connectivity index (χ3n) is 3.92. The fourth-order valence-electron chi connectivity index (χ4n) is 2.62. The normalized spacial score (nSPS) is 16.5. The molecule has 26 heavy (non-hydrogen) atoms. The zero-order chi connectivity index (χ0) is 19.1. The van der Waals surface area contributed by atoms with Crippen LogP contribution >= 0.6 is 0 Å². The van der Waals surface area contributed by atoms with E-state index in [0.29, 0.717) is 22.7 Å². The number of carboxylic acid groups (broad SMARTS) is 1. The molecule has 2 heterocycles. The van der Waals surface area contributed by atoms with Gasteiger partial charge in [0.1, 0.15) is 5.75 Å². The lowest BCUT2D eigenvalue weighted by Crippen LogP contribution is -2.40. The lowest BCUT2D eigenvalue weighted by Gasteiger charge is -2.27. The van der Waals surface area contributed by atoms with Crippen LogP contribution in [0.25, 0.3) is 6.08 Å². The van der Waals surface area contributed by atoms with E-state index in [9.17, 15) is 18.0 Å². The number of hydrogen-bond acceptors (Lipinski definition) is 3. The smallest absolute Gasteiger partial charge is 0.430 e. The van der Waals surface area contributed by atoms with Crippen LogP contribution in [0.3, 0.4) is 0 Å². The number of benzene rings is 1. The molecular formula is C18H14ClF3NO3+. The lowest BCUT2D eigenvalue weighted by molar-refractivity contribution is -0.290. The molecule has 1 aromatic carbocycles. The number of ether oxygens (including phenoxy) is 1. The van der Waals surface area contributed by atoms with Gasteiger partial charge in [0.05, 0.1) is 5.57 Å². The first kappa shape index (κ1) is 18.3. The number of aromatic nitrogens is 1. The Labute approximate surface area is 151 Å². The van der Waals surface area contributed by atoms with E-state index in [1.54, 1.807) is 6.20 Å². The first-order chi connectivity index (χ1) is 12.1. The first-order valence-electron chi connectivity index (χ1n) is 7.59. The highest BCUT2D eigenvalue weighted by Crippen LogP contribution is 2.39. The molecule has 0 amide bonds. The van der Waals surface area contributed by atoms with Gasteiger partial charge in [-0.25, -0.2) is 4.79 Å². The van der Waals surface area contributed by atoms with Crippen LogP contribution in [0, 0.1) is 18.5 Å². The van der Waals surface area contributed by atoms with E-state index in [-0.39, 0.29) is 11.3 Å². The molecule has 0 saturated carbocycles. The highest BCUT2D eigenvalue weighted by Gasteiger charge is 2.48. The predicted octanol–water partition coefficient (Wildman–Crippen LogP) is 3.47. The van der Waals surface area contributed by atoms with E-state index < -0.39 is 23.8 Å². The maximum Gasteiger partial charge on any atom is 0.430 e. The van der Waals surface area contributed by atoms with E-state index in [1.807, 2.05) is 19.1 Å². The fraction of sp³-hybridized carbons (Fsp3) is 0.222. The molecule has 136 valence electrons. The summed E-state index contributed by atoms with van der Waals surface area (Å²) in [6, 6.07) is 6.56. The van der Waals surface area contributed by atoms with E-state index in [0.717, 1.165) is 11.6 Å². The lowest BCUT2D eigenvalue weighted by atomic mass is 9.98. The highest BCUT2D eigenvalue weighted by molar-refractivity contribution is 5.95. The fourth-order valence-corrected chi connectivity index (χ4v) is 2.88. The predicted molar refractivity (Wildman–Crippen MR) is 84.9 cm³/mol. The van der Waals surface area contributed by atoms with E-state index in [1.165, 1.54) is 12.1 Å². The maximum atomic E-state index is 13.2. The van der Waals surface area contributed by atoms with Gasteiger partial charge in [-0.3, -0.25) is 4.98 Å². The number of fused-ring (bicyclic) bond motifs is 1. The van der Waals surface area contributed by atoms with Crippen LogP contribution in [-0.4, -0.2) is 28.3 Å². The third kappa shape index (κ3) is 3.67. The molecule has 3 rings (SSSR count). The summed E-state index contributed by atoms with van der Waals surface area (Å²) in [7, 11) is 0. The number of alkyl halides is 3. The number of nitrogens with zero attached hydrogens (tertiary/aromatic N) is 1. The van der Waals surface area contributed by atoms with Gasteiger partial charge in [-0.15, -0.1) is 0 Å². The van der Waals surface area contributed by atoms with E-state index >= 15 is 0 Å². The van der Waals surface area contributed by atoms with Crippen molar-refractivity contribution in [3.8, 4) is 5.75 Å². The molecule has 1 aromatic heterocycles. The van der Waals surface area contributed by atoms with Crippen molar-refractivity contribution in [1.29, 1.82) is 0 Å². The monoisotopic (exact) mass is 384 g/mol. The Hall–Kier alpha value is -2.54. The molecule has 1 atom stereocenters. The molecule has 8 heteroatoms. The Morgan fingerprint density at radius 1 is 1.35 bits per heavy atom. The van der Waals surface area contributed by atoms with Crippen LogP contribution in [0.1, 0.15) is 22.4 Å². The molecule has 2 aromatic rings. The molecule has 0 aliphatic carbocycles. The molecule has 1 aliphatic rings. The van der Waals surface area contributed by atoms with Crippen molar-refractivity contribution in [2.75, 3.05) is 0 Å². The number of aryl methyl sites for hydroxylation is 1. The average molecular weight is 385 g/mol. The van der Waals surface area contributed by atoms with Gasteiger partial charge in [0, 0.05) is 35.5 Å². The summed E-state index contributed by atoms with van der Waals surface area (Å²) in [5.41, 5.74) is 1.64. The Morgan fingerprint density at radius 2 is 2.08 bits per heavy atom. The van der Waals surface area contributed by atoms with Crippen molar-refractivity contribution in [3.05, 3.63) is 63.4 Å². The number of halogens is 4. The molecule has 0 radical (unpaired) electrons. The Kier molecular flexibility index (Phi) is 4.66. The van der Waals surface area contributed by atoms with Gasteiger partial charge in [0.25, 0.3) is 0 Å². The molecule has 0 saturated heterocycles. The summed E-state index contributed by atoms with van der Waals surface area (Å²) >= 11 is 5.29. The molecule has 0 fully saturated rings. The number of carbonyl (C=O) groups is 1. The van der Waals surface area contributed by atoms with Gasteiger partial charge < -0.3 is 9.84 Å². The van der Waals surface area contributed by atoms with Crippen LogP contribution in [0.5, 0.6) is 5.75 Å². The van der Waals surface area contributed by atoms with Crippen molar-refractivity contribution >= 4 is 12.0 Å². The zero-order valence-corrected chi connectivity index (χ0v) is 14.3. The van der Waals surface area contributed by atoms with Crippen LogP contribution in [0.4, 0.5) is 13.2 Å².